The Bertz CT molecular complexity index is 713. The second kappa shape index (κ2) is 6.74. The van der Waals surface area contributed by atoms with E-state index in [1.807, 2.05) is 37.3 Å². The van der Waals surface area contributed by atoms with Gasteiger partial charge >= 0.3 is 0 Å². The molecule has 0 radical (unpaired) electrons. The lowest BCUT2D eigenvalue weighted by atomic mass is 10.0. The van der Waals surface area contributed by atoms with Crippen LogP contribution in [0.25, 0.3) is 0 Å². The number of nitrogens with one attached hydrogen (secondary N) is 1. The van der Waals surface area contributed by atoms with Gasteiger partial charge in [0.25, 0.3) is 10.0 Å². The smallest absolute Gasteiger partial charge is 0.200 e. The summed E-state index contributed by atoms with van der Waals surface area (Å²) in [6, 6.07) is 15.6. The first-order chi connectivity index (χ1) is 9.99. The summed E-state index contributed by atoms with van der Waals surface area (Å²) in [5, 5.41) is 4.30. The summed E-state index contributed by atoms with van der Waals surface area (Å²) in [5.74, 6) is 0.0131. The zero-order valence-electron chi connectivity index (χ0n) is 11.4. The van der Waals surface area contributed by atoms with Crippen molar-refractivity contribution in [1.82, 2.24) is 4.83 Å². The third-order valence-corrected chi connectivity index (χ3v) is 4.41. The SMILES string of the molecule is CC(/C=N/NS(=O)(=O)c1ccc(Cl)cc1)c1ccccc1. The Morgan fingerprint density at radius 1 is 1.10 bits per heavy atom. The van der Waals surface area contributed by atoms with Gasteiger partial charge in [-0.15, -0.1) is 0 Å². The van der Waals surface area contributed by atoms with Gasteiger partial charge in [0.1, 0.15) is 0 Å². The molecule has 2 rings (SSSR count). The van der Waals surface area contributed by atoms with Gasteiger partial charge in [-0.2, -0.15) is 13.5 Å². The van der Waals surface area contributed by atoms with Crippen LogP contribution in [0.3, 0.4) is 0 Å². The van der Waals surface area contributed by atoms with Gasteiger partial charge in [0.05, 0.1) is 4.90 Å². The van der Waals surface area contributed by atoms with Crippen molar-refractivity contribution in [2.45, 2.75) is 17.7 Å². The number of hydrogen-bond acceptors (Lipinski definition) is 3. The fourth-order valence-corrected chi connectivity index (χ4v) is 2.65. The van der Waals surface area contributed by atoms with Gasteiger partial charge in [-0.05, 0) is 29.8 Å². The molecule has 0 spiro atoms. The molecule has 0 aliphatic rings. The minimum atomic E-state index is -3.66. The summed E-state index contributed by atoms with van der Waals surface area (Å²) in [5.41, 5.74) is 1.06. The minimum Gasteiger partial charge on any atom is -0.200 e. The number of hydrogen-bond donors (Lipinski definition) is 1. The van der Waals surface area contributed by atoms with Crippen molar-refractivity contribution in [2.24, 2.45) is 5.10 Å². The molecule has 0 fully saturated rings. The lowest BCUT2D eigenvalue weighted by Crippen LogP contribution is -2.18. The normalized spacial score (nSPS) is 13.2. The highest BCUT2D eigenvalue weighted by molar-refractivity contribution is 7.89. The van der Waals surface area contributed by atoms with E-state index in [4.69, 9.17) is 11.6 Å². The van der Waals surface area contributed by atoms with Gasteiger partial charge < -0.3 is 0 Å². The van der Waals surface area contributed by atoms with E-state index in [2.05, 4.69) is 9.93 Å². The maximum Gasteiger partial charge on any atom is 0.276 e. The van der Waals surface area contributed by atoms with Crippen LogP contribution < -0.4 is 4.83 Å². The van der Waals surface area contributed by atoms with Crippen LogP contribution in [0, 0.1) is 0 Å². The van der Waals surface area contributed by atoms with Crippen LogP contribution >= 0.6 is 11.6 Å². The van der Waals surface area contributed by atoms with E-state index in [0.717, 1.165) is 5.56 Å². The molecule has 0 saturated carbocycles. The van der Waals surface area contributed by atoms with E-state index in [1.54, 1.807) is 6.21 Å². The van der Waals surface area contributed by atoms with Crippen LogP contribution in [0.5, 0.6) is 0 Å². The van der Waals surface area contributed by atoms with Gasteiger partial charge in [-0.3, -0.25) is 0 Å². The summed E-state index contributed by atoms with van der Waals surface area (Å²) in [6.07, 6.45) is 1.56. The Hall–Kier alpha value is -1.85. The summed E-state index contributed by atoms with van der Waals surface area (Å²) in [4.78, 5) is 2.32. The molecular weight excluding hydrogens is 308 g/mol. The molecule has 0 aromatic heterocycles. The molecule has 1 atom stereocenters. The molecule has 0 aliphatic heterocycles. The van der Waals surface area contributed by atoms with Crippen molar-refractivity contribution < 1.29 is 8.42 Å². The summed E-state index contributed by atoms with van der Waals surface area (Å²) in [7, 11) is -3.66. The van der Waals surface area contributed by atoms with Crippen molar-refractivity contribution in [3.8, 4) is 0 Å². The highest BCUT2D eigenvalue weighted by atomic mass is 35.5. The first-order valence-corrected chi connectivity index (χ1v) is 8.20. The van der Waals surface area contributed by atoms with Gasteiger partial charge in [0.2, 0.25) is 0 Å². The Morgan fingerprint density at radius 2 is 1.71 bits per heavy atom. The number of nitrogens with zero attached hydrogens (tertiary/aromatic N) is 1. The molecule has 0 bridgehead atoms. The quantitative estimate of drug-likeness (QED) is 0.677. The average molecular weight is 323 g/mol. The first-order valence-electron chi connectivity index (χ1n) is 6.34. The molecule has 21 heavy (non-hydrogen) atoms. The molecule has 0 heterocycles. The molecular formula is C15H15ClN2O2S. The molecule has 0 aliphatic carbocycles. The van der Waals surface area contributed by atoms with Crippen LogP contribution in [0.2, 0.25) is 5.02 Å². The molecule has 1 N–H and O–H groups in total. The van der Waals surface area contributed by atoms with Crippen LogP contribution in [-0.4, -0.2) is 14.6 Å². The topological polar surface area (TPSA) is 58.5 Å². The van der Waals surface area contributed by atoms with Crippen LogP contribution in [0.15, 0.2) is 64.6 Å². The Balaban J connectivity index is 2.05. The largest absolute Gasteiger partial charge is 0.276 e. The zero-order chi connectivity index (χ0) is 15.3. The van der Waals surface area contributed by atoms with Crippen molar-refractivity contribution in [2.75, 3.05) is 0 Å². The predicted octanol–water partition coefficient (Wildman–Crippen LogP) is 3.41. The van der Waals surface area contributed by atoms with Crippen molar-refractivity contribution >= 4 is 27.8 Å². The fraction of sp³-hybridized carbons (Fsp3) is 0.133. The fourth-order valence-electron chi connectivity index (χ4n) is 1.72. The predicted molar refractivity (Wildman–Crippen MR) is 85.1 cm³/mol. The van der Waals surface area contributed by atoms with Gasteiger partial charge in [-0.1, -0.05) is 48.9 Å². The Labute approximate surface area is 129 Å². The van der Waals surface area contributed by atoms with E-state index >= 15 is 0 Å². The van der Waals surface area contributed by atoms with E-state index in [-0.39, 0.29) is 10.8 Å². The molecule has 110 valence electrons. The second-order valence-corrected chi connectivity index (χ2v) is 6.62. The number of sulfonamides is 1. The van der Waals surface area contributed by atoms with Crippen LogP contribution in [-0.2, 0) is 10.0 Å². The molecule has 6 heteroatoms. The van der Waals surface area contributed by atoms with E-state index in [0.29, 0.717) is 5.02 Å². The minimum absolute atomic E-state index is 0.0131. The number of halogens is 1. The summed E-state index contributed by atoms with van der Waals surface area (Å²) < 4.78 is 24.0. The monoisotopic (exact) mass is 322 g/mol. The molecule has 0 saturated heterocycles. The Kier molecular flexibility index (Phi) is 4.98. The Morgan fingerprint density at radius 3 is 2.33 bits per heavy atom. The number of rotatable bonds is 5. The van der Waals surface area contributed by atoms with Crippen LogP contribution in [0.4, 0.5) is 0 Å². The summed E-state index contributed by atoms with van der Waals surface area (Å²) >= 11 is 5.73. The third-order valence-electron chi connectivity index (χ3n) is 2.92. The zero-order valence-corrected chi connectivity index (χ0v) is 13.0. The van der Waals surface area contributed by atoms with Gasteiger partial charge in [-0.25, -0.2) is 4.83 Å². The standard InChI is InChI=1S/C15H15ClN2O2S/c1-12(13-5-3-2-4-6-13)11-17-18-21(19,20)15-9-7-14(16)8-10-15/h2-12,18H,1H3/b17-11+. The lowest BCUT2D eigenvalue weighted by Gasteiger charge is -2.06. The highest BCUT2D eigenvalue weighted by Gasteiger charge is 2.12. The average Bonchev–Trinajstić information content (AvgIpc) is 2.48. The van der Waals surface area contributed by atoms with Gasteiger partial charge in [0.15, 0.2) is 0 Å². The van der Waals surface area contributed by atoms with Crippen molar-refractivity contribution in [3.63, 3.8) is 0 Å². The highest BCUT2D eigenvalue weighted by Crippen LogP contribution is 2.14. The lowest BCUT2D eigenvalue weighted by molar-refractivity contribution is 0.584. The first kappa shape index (κ1) is 15.5. The van der Waals surface area contributed by atoms with Crippen LogP contribution in [0.1, 0.15) is 18.4 Å². The summed E-state index contributed by atoms with van der Waals surface area (Å²) in [6.45, 7) is 1.94. The molecule has 1 unspecified atom stereocenters. The van der Waals surface area contributed by atoms with Gasteiger partial charge in [0, 0.05) is 17.2 Å². The number of hydrazone groups is 1. The van der Waals surface area contributed by atoms with Crippen molar-refractivity contribution in [1.29, 1.82) is 0 Å². The molecule has 4 nitrogen and oxygen atoms in total. The number of benzene rings is 2. The second-order valence-electron chi connectivity index (χ2n) is 4.53. The molecule has 2 aromatic rings. The molecule has 0 amide bonds. The van der Waals surface area contributed by atoms with E-state index in [1.165, 1.54) is 24.3 Å². The van der Waals surface area contributed by atoms with E-state index in [9.17, 15) is 8.42 Å². The maximum absolute atomic E-state index is 12.0. The third kappa shape index (κ3) is 4.31. The maximum atomic E-state index is 12.0. The van der Waals surface area contributed by atoms with E-state index < -0.39 is 10.0 Å². The molecule has 2 aromatic carbocycles. The van der Waals surface area contributed by atoms with Crippen molar-refractivity contribution in [3.05, 3.63) is 65.2 Å².